The van der Waals surface area contributed by atoms with Crippen LogP contribution in [0.1, 0.15) is 67.4 Å². The number of fused-ring (bicyclic) bond motifs is 4. The predicted octanol–water partition coefficient (Wildman–Crippen LogP) is 4.14. The van der Waals surface area contributed by atoms with Gasteiger partial charge in [0.05, 0.1) is 17.2 Å². The fourth-order valence-corrected chi connectivity index (χ4v) is 6.04. The minimum Gasteiger partial charge on any atom is -0.443 e. The summed E-state index contributed by atoms with van der Waals surface area (Å²) >= 11 is -1.68. The molecule has 1 aliphatic heterocycles. The summed E-state index contributed by atoms with van der Waals surface area (Å²) in [5, 5.41) is 10.1. The van der Waals surface area contributed by atoms with E-state index < -0.39 is 28.3 Å². The molecule has 1 fully saturated rings. The third-order valence-corrected chi connectivity index (χ3v) is 8.28. The molecule has 10 heteroatoms. The van der Waals surface area contributed by atoms with Crippen molar-refractivity contribution in [3.05, 3.63) is 64.3 Å². The van der Waals surface area contributed by atoms with Crippen molar-refractivity contribution >= 4 is 39.6 Å². The van der Waals surface area contributed by atoms with Crippen LogP contribution in [0, 0.1) is 11.3 Å². The Balaban J connectivity index is 1.35. The molecule has 9 nitrogen and oxygen atoms in total. The van der Waals surface area contributed by atoms with Crippen LogP contribution >= 0.6 is 0 Å². The first kappa shape index (κ1) is 25.9. The third-order valence-electron chi connectivity index (χ3n) is 7.11. The van der Waals surface area contributed by atoms with Crippen molar-refractivity contribution < 1.29 is 18.5 Å². The van der Waals surface area contributed by atoms with Crippen LogP contribution in [-0.2, 0) is 21.3 Å². The van der Waals surface area contributed by atoms with Crippen LogP contribution in [0.25, 0.3) is 10.9 Å². The lowest BCUT2D eigenvalue weighted by atomic mass is 9.71. The van der Waals surface area contributed by atoms with Crippen LogP contribution in [0.3, 0.4) is 0 Å². The predicted molar refractivity (Wildman–Crippen MR) is 146 cm³/mol. The highest BCUT2D eigenvalue weighted by Gasteiger charge is 2.40. The Morgan fingerprint density at radius 3 is 2.50 bits per heavy atom. The zero-order chi connectivity index (χ0) is 27.4. The number of ether oxygens (including phenoxy) is 1. The Bertz CT molecular complexity index is 1520. The van der Waals surface area contributed by atoms with Gasteiger partial charge in [-0.1, -0.05) is 19.9 Å². The molecule has 1 unspecified atom stereocenters. The lowest BCUT2D eigenvalue weighted by Gasteiger charge is -2.37. The maximum atomic E-state index is 13.6. The van der Waals surface area contributed by atoms with Crippen LogP contribution in [-0.4, -0.2) is 57.2 Å². The molecule has 5 rings (SSSR count). The Labute approximate surface area is 224 Å². The summed E-state index contributed by atoms with van der Waals surface area (Å²) in [6, 6.07) is 13.5. The normalized spacial score (nSPS) is 17.9. The average molecular weight is 534 g/mol. The van der Waals surface area contributed by atoms with Crippen LogP contribution in [0.5, 0.6) is 0 Å². The molecular weight excluding hydrogens is 502 g/mol. The average Bonchev–Trinajstić information content (AvgIpc) is 3.26. The molecule has 1 atom stereocenters. The number of nitrogens with one attached hydrogen (secondary N) is 2. The number of ketones is 1. The molecule has 0 saturated carbocycles. The second-order valence-corrected chi connectivity index (χ2v) is 12.4. The number of hydrogen-bond acceptors (Lipinski definition) is 6. The number of nitriles is 1. The molecular formula is C28H31N5O4S. The SMILES string of the molecule is CC(C)(C)OC(=O)NS(=O)N1CCN(c2ccc3c(c2)C(C)(C)c2[nH]c4cc(C#N)ccc4c2C3=O)CC1. The van der Waals surface area contributed by atoms with E-state index >= 15 is 0 Å². The van der Waals surface area contributed by atoms with E-state index in [1.807, 2.05) is 18.2 Å². The van der Waals surface area contributed by atoms with Crippen LogP contribution in [0.2, 0.25) is 0 Å². The zero-order valence-corrected chi connectivity index (χ0v) is 23.0. The van der Waals surface area contributed by atoms with Gasteiger partial charge in [0, 0.05) is 59.4 Å². The maximum absolute atomic E-state index is 13.6. The summed E-state index contributed by atoms with van der Waals surface area (Å²) in [5.41, 5.74) is 4.34. The number of hydrogen-bond donors (Lipinski definition) is 2. The van der Waals surface area contributed by atoms with Crippen molar-refractivity contribution in [2.24, 2.45) is 0 Å². The van der Waals surface area contributed by atoms with Crippen molar-refractivity contribution in [3.63, 3.8) is 0 Å². The number of aromatic nitrogens is 1. The molecule has 1 saturated heterocycles. The number of anilines is 1. The minimum atomic E-state index is -1.68. The van der Waals surface area contributed by atoms with E-state index in [9.17, 15) is 19.1 Å². The molecule has 1 aliphatic carbocycles. The van der Waals surface area contributed by atoms with Gasteiger partial charge in [0.1, 0.15) is 5.60 Å². The van der Waals surface area contributed by atoms with E-state index in [0.29, 0.717) is 42.9 Å². The van der Waals surface area contributed by atoms with Gasteiger partial charge in [-0.25, -0.2) is 18.0 Å². The smallest absolute Gasteiger partial charge is 0.420 e. The third kappa shape index (κ3) is 4.57. The highest BCUT2D eigenvalue weighted by Crippen LogP contribution is 2.44. The van der Waals surface area contributed by atoms with Gasteiger partial charge in [0.15, 0.2) is 5.78 Å². The van der Waals surface area contributed by atoms with E-state index in [1.54, 1.807) is 37.2 Å². The lowest BCUT2D eigenvalue weighted by Crippen LogP contribution is -2.50. The summed E-state index contributed by atoms with van der Waals surface area (Å²) < 4.78 is 21.9. The first-order valence-electron chi connectivity index (χ1n) is 12.6. The number of piperazine rings is 1. The molecule has 1 amide bonds. The van der Waals surface area contributed by atoms with Gasteiger partial charge in [-0.05, 0) is 56.7 Å². The van der Waals surface area contributed by atoms with E-state index in [0.717, 1.165) is 27.8 Å². The summed E-state index contributed by atoms with van der Waals surface area (Å²) in [6.45, 7) is 11.7. The number of aromatic amines is 1. The summed E-state index contributed by atoms with van der Waals surface area (Å²) in [7, 11) is 0. The number of H-pyrrole nitrogens is 1. The van der Waals surface area contributed by atoms with Crippen molar-refractivity contribution in [3.8, 4) is 6.07 Å². The first-order valence-corrected chi connectivity index (χ1v) is 13.7. The summed E-state index contributed by atoms with van der Waals surface area (Å²) in [6.07, 6.45) is -0.708. The zero-order valence-electron chi connectivity index (χ0n) is 22.2. The van der Waals surface area contributed by atoms with Gasteiger partial charge < -0.3 is 14.6 Å². The minimum absolute atomic E-state index is 0.0229. The number of carbonyl (C=O) groups is 2. The quantitative estimate of drug-likeness (QED) is 0.523. The summed E-state index contributed by atoms with van der Waals surface area (Å²) in [4.78, 5) is 31.2. The largest absolute Gasteiger partial charge is 0.443 e. The van der Waals surface area contributed by atoms with Crippen LogP contribution < -0.4 is 9.62 Å². The Hall–Kier alpha value is -3.68. The molecule has 2 aliphatic rings. The highest BCUT2D eigenvalue weighted by molar-refractivity contribution is 7.81. The highest BCUT2D eigenvalue weighted by atomic mass is 32.2. The van der Waals surface area contributed by atoms with E-state index in [4.69, 9.17) is 4.74 Å². The topological polar surface area (TPSA) is 119 Å². The molecule has 0 bridgehead atoms. The molecule has 2 heterocycles. The fourth-order valence-electron chi connectivity index (χ4n) is 5.23. The van der Waals surface area contributed by atoms with Gasteiger partial charge in [-0.3, -0.25) is 4.79 Å². The Morgan fingerprint density at radius 2 is 1.84 bits per heavy atom. The maximum Gasteiger partial charge on any atom is 0.420 e. The monoisotopic (exact) mass is 533 g/mol. The summed E-state index contributed by atoms with van der Waals surface area (Å²) in [5.74, 6) is -0.0229. The molecule has 2 N–H and O–H groups in total. The van der Waals surface area contributed by atoms with Crippen molar-refractivity contribution in [1.29, 1.82) is 5.26 Å². The molecule has 3 aromatic rings. The molecule has 1 aromatic heterocycles. The molecule has 38 heavy (non-hydrogen) atoms. The van der Waals surface area contributed by atoms with Gasteiger partial charge in [-0.15, -0.1) is 0 Å². The second-order valence-electron chi connectivity index (χ2n) is 11.2. The molecule has 2 aromatic carbocycles. The van der Waals surface area contributed by atoms with Gasteiger partial charge in [0.2, 0.25) is 11.2 Å². The molecule has 198 valence electrons. The Kier molecular flexibility index (Phi) is 6.32. The lowest BCUT2D eigenvalue weighted by molar-refractivity contribution is 0.0569. The van der Waals surface area contributed by atoms with Crippen LogP contribution in [0.15, 0.2) is 36.4 Å². The van der Waals surface area contributed by atoms with Crippen molar-refractivity contribution in [2.75, 3.05) is 31.1 Å². The van der Waals surface area contributed by atoms with Gasteiger partial charge >= 0.3 is 6.09 Å². The number of benzene rings is 2. The second kappa shape index (κ2) is 9.26. The van der Waals surface area contributed by atoms with Gasteiger partial charge in [-0.2, -0.15) is 5.26 Å². The first-order chi connectivity index (χ1) is 17.9. The molecule has 0 radical (unpaired) electrons. The number of carbonyl (C=O) groups excluding carboxylic acids is 2. The van der Waals surface area contributed by atoms with Gasteiger partial charge in [0.25, 0.3) is 0 Å². The van der Waals surface area contributed by atoms with E-state index in [2.05, 4.69) is 40.6 Å². The standard InChI is InChI=1S/C28H31N5O4S/c1-27(2,3)37-26(35)31-38(36)33-12-10-32(11-13-33)18-7-9-19-21(15-18)28(4,5)25-23(24(19)34)20-8-6-17(16-29)14-22(20)30-25/h6-9,14-15,30H,10-13H2,1-5H3,(H,31,35). The van der Waals surface area contributed by atoms with Crippen LogP contribution in [0.4, 0.5) is 10.5 Å². The Morgan fingerprint density at radius 1 is 1.13 bits per heavy atom. The van der Waals surface area contributed by atoms with Crippen molar-refractivity contribution in [1.82, 2.24) is 14.0 Å². The number of rotatable bonds is 3. The number of amides is 1. The van der Waals surface area contributed by atoms with E-state index in [-0.39, 0.29) is 5.78 Å². The number of nitrogens with zero attached hydrogens (tertiary/aromatic N) is 3. The fraction of sp³-hybridized carbons (Fsp3) is 0.393. The molecule has 0 spiro atoms. The van der Waals surface area contributed by atoms with E-state index in [1.165, 1.54) is 0 Å². The van der Waals surface area contributed by atoms with Crippen molar-refractivity contribution in [2.45, 2.75) is 45.6 Å².